The Balaban J connectivity index is 1.86. The van der Waals surface area contributed by atoms with Gasteiger partial charge in [-0.2, -0.15) is 0 Å². The van der Waals surface area contributed by atoms with E-state index in [1.54, 1.807) is 30.3 Å². The first-order chi connectivity index (χ1) is 15.9. The van der Waals surface area contributed by atoms with Crippen molar-refractivity contribution in [1.82, 2.24) is 0 Å². The number of aromatic hydroxyl groups is 1. The van der Waals surface area contributed by atoms with Gasteiger partial charge < -0.3 is 34.3 Å². The molecule has 3 N–H and O–H groups in total. The molecular weight excluding hydrogens is 432 g/mol. The number of ether oxygens (including phenoxy) is 4. The van der Waals surface area contributed by atoms with Crippen molar-refractivity contribution in [2.45, 2.75) is 12.7 Å². The highest BCUT2D eigenvalue weighted by atomic mass is 16.6. The number of carbonyl (C=O) groups excluding carboxylic acids is 2. The van der Waals surface area contributed by atoms with Crippen LogP contribution < -0.4 is 9.47 Å². The summed E-state index contributed by atoms with van der Waals surface area (Å²) in [5, 5.41) is 28.4. The highest BCUT2D eigenvalue weighted by molar-refractivity contribution is 5.88. The van der Waals surface area contributed by atoms with Gasteiger partial charge in [0.05, 0.1) is 27.4 Å². The second-order valence-electron chi connectivity index (χ2n) is 6.70. The molecule has 9 nitrogen and oxygen atoms in total. The van der Waals surface area contributed by atoms with Crippen molar-refractivity contribution in [3.63, 3.8) is 0 Å². The summed E-state index contributed by atoms with van der Waals surface area (Å²) in [5.74, 6) is -0.750. The Morgan fingerprint density at radius 2 is 1.55 bits per heavy atom. The van der Waals surface area contributed by atoms with Crippen LogP contribution in [-0.2, 0) is 25.7 Å². The molecule has 9 heteroatoms. The SMILES string of the molecule is COc1ccc(/C=C/C(=O)OC(CO)COC(=O)/C=C/c2ccc(CO)c(OC)c2)cc1O. The van der Waals surface area contributed by atoms with Crippen molar-refractivity contribution in [3.05, 3.63) is 65.2 Å². The van der Waals surface area contributed by atoms with Crippen molar-refractivity contribution < 1.29 is 43.9 Å². The van der Waals surface area contributed by atoms with E-state index in [0.29, 0.717) is 28.2 Å². The molecule has 0 spiro atoms. The number of carbonyl (C=O) groups is 2. The highest BCUT2D eigenvalue weighted by Crippen LogP contribution is 2.26. The van der Waals surface area contributed by atoms with Crippen LogP contribution >= 0.6 is 0 Å². The molecule has 2 aromatic carbocycles. The summed E-state index contributed by atoms with van der Waals surface area (Å²) in [7, 11) is 2.90. The quantitative estimate of drug-likeness (QED) is 0.342. The zero-order valence-electron chi connectivity index (χ0n) is 18.3. The molecule has 0 amide bonds. The van der Waals surface area contributed by atoms with Crippen LogP contribution in [0.4, 0.5) is 0 Å². The van der Waals surface area contributed by atoms with Crippen molar-refractivity contribution in [3.8, 4) is 17.2 Å². The second kappa shape index (κ2) is 12.9. The molecule has 0 aliphatic heterocycles. The van der Waals surface area contributed by atoms with E-state index in [9.17, 15) is 24.9 Å². The summed E-state index contributed by atoms with van der Waals surface area (Å²) in [6.45, 7) is -1.05. The predicted octanol–water partition coefficient (Wildman–Crippen LogP) is 2.08. The fourth-order valence-corrected chi connectivity index (χ4v) is 2.69. The van der Waals surface area contributed by atoms with Crippen LogP contribution in [0.15, 0.2) is 48.6 Å². The molecule has 0 radical (unpaired) electrons. The van der Waals surface area contributed by atoms with Gasteiger partial charge in [-0.25, -0.2) is 9.59 Å². The summed E-state index contributed by atoms with van der Waals surface area (Å²) >= 11 is 0. The zero-order chi connectivity index (χ0) is 24.2. The van der Waals surface area contributed by atoms with E-state index in [4.69, 9.17) is 18.9 Å². The highest BCUT2D eigenvalue weighted by Gasteiger charge is 2.14. The van der Waals surface area contributed by atoms with Crippen LogP contribution in [0.3, 0.4) is 0 Å². The number of hydrogen-bond acceptors (Lipinski definition) is 9. The number of hydrogen-bond donors (Lipinski definition) is 3. The molecule has 0 heterocycles. The number of benzene rings is 2. The molecular formula is C24H26O9. The molecule has 0 saturated carbocycles. The molecule has 0 aliphatic carbocycles. The van der Waals surface area contributed by atoms with Crippen molar-refractivity contribution in [2.75, 3.05) is 27.4 Å². The number of phenolic OH excluding ortho intramolecular Hbond substituents is 1. The third-order valence-corrected chi connectivity index (χ3v) is 4.41. The van der Waals surface area contributed by atoms with E-state index in [1.165, 1.54) is 38.5 Å². The van der Waals surface area contributed by atoms with Crippen LogP contribution in [-0.4, -0.2) is 60.8 Å². The van der Waals surface area contributed by atoms with Gasteiger partial charge in [-0.3, -0.25) is 0 Å². The summed E-state index contributed by atoms with van der Waals surface area (Å²) in [6.07, 6.45) is 4.17. The fraction of sp³-hybridized carbons (Fsp3) is 0.250. The Morgan fingerprint density at radius 3 is 2.15 bits per heavy atom. The second-order valence-corrected chi connectivity index (χ2v) is 6.70. The number of phenols is 1. The summed E-state index contributed by atoms with van der Waals surface area (Å²) < 4.78 is 20.2. The van der Waals surface area contributed by atoms with Gasteiger partial charge in [0.2, 0.25) is 0 Å². The average molecular weight is 458 g/mol. The van der Waals surface area contributed by atoms with Crippen molar-refractivity contribution in [1.29, 1.82) is 0 Å². The largest absolute Gasteiger partial charge is 0.504 e. The Morgan fingerprint density at radius 1 is 0.909 bits per heavy atom. The number of methoxy groups -OCH3 is 2. The van der Waals surface area contributed by atoms with Crippen molar-refractivity contribution in [2.24, 2.45) is 0 Å². The van der Waals surface area contributed by atoms with E-state index in [1.807, 2.05) is 0 Å². The lowest BCUT2D eigenvalue weighted by Crippen LogP contribution is -2.27. The van der Waals surface area contributed by atoms with Gasteiger partial charge in [0.1, 0.15) is 12.4 Å². The number of rotatable bonds is 11. The van der Waals surface area contributed by atoms with Crippen molar-refractivity contribution >= 4 is 24.1 Å². The summed E-state index contributed by atoms with van der Waals surface area (Å²) in [4.78, 5) is 23.9. The van der Waals surface area contributed by atoms with E-state index in [-0.39, 0.29) is 19.0 Å². The Hall–Kier alpha value is -3.82. The van der Waals surface area contributed by atoms with Gasteiger partial charge in [-0.1, -0.05) is 18.2 Å². The van der Waals surface area contributed by atoms with E-state index < -0.39 is 24.6 Å². The number of aliphatic hydroxyl groups excluding tert-OH is 2. The van der Waals surface area contributed by atoms with Gasteiger partial charge in [0.25, 0.3) is 0 Å². The number of aliphatic hydroxyl groups is 2. The molecule has 1 atom stereocenters. The maximum absolute atomic E-state index is 12.0. The predicted molar refractivity (Wildman–Crippen MR) is 120 cm³/mol. The molecule has 2 rings (SSSR count). The first-order valence-electron chi connectivity index (χ1n) is 9.89. The monoisotopic (exact) mass is 458 g/mol. The van der Waals surface area contributed by atoms with E-state index in [2.05, 4.69) is 0 Å². The first-order valence-corrected chi connectivity index (χ1v) is 9.89. The number of esters is 2. The zero-order valence-corrected chi connectivity index (χ0v) is 18.3. The lowest BCUT2D eigenvalue weighted by atomic mass is 10.1. The minimum absolute atomic E-state index is 0.0796. The molecule has 2 aromatic rings. The average Bonchev–Trinajstić information content (AvgIpc) is 2.83. The van der Waals surface area contributed by atoms with E-state index >= 15 is 0 Å². The maximum Gasteiger partial charge on any atom is 0.331 e. The minimum Gasteiger partial charge on any atom is -0.504 e. The molecule has 0 aromatic heterocycles. The van der Waals surface area contributed by atoms with Crippen LogP contribution in [0, 0.1) is 0 Å². The Kier molecular flexibility index (Phi) is 9.94. The normalized spacial score (nSPS) is 12.0. The third-order valence-electron chi connectivity index (χ3n) is 4.41. The first kappa shape index (κ1) is 25.4. The van der Waals surface area contributed by atoms with Gasteiger partial charge in [0.15, 0.2) is 17.6 Å². The fourth-order valence-electron chi connectivity index (χ4n) is 2.69. The Labute approximate surface area is 191 Å². The van der Waals surface area contributed by atoms with Gasteiger partial charge >= 0.3 is 11.9 Å². The molecule has 1 unspecified atom stereocenters. The molecule has 176 valence electrons. The van der Waals surface area contributed by atoms with Crippen LogP contribution in [0.1, 0.15) is 16.7 Å². The third kappa shape index (κ3) is 7.99. The lowest BCUT2D eigenvalue weighted by molar-refractivity contribution is -0.154. The Bertz CT molecular complexity index is 1010. The molecule has 0 bridgehead atoms. The minimum atomic E-state index is -1.05. The molecule has 0 fully saturated rings. The molecule has 33 heavy (non-hydrogen) atoms. The maximum atomic E-state index is 12.0. The van der Waals surface area contributed by atoms with Crippen LogP contribution in [0.2, 0.25) is 0 Å². The van der Waals surface area contributed by atoms with Gasteiger partial charge in [0, 0.05) is 17.7 Å². The van der Waals surface area contributed by atoms with Crippen LogP contribution in [0.5, 0.6) is 17.2 Å². The molecule has 0 saturated heterocycles. The topological polar surface area (TPSA) is 132 Å². The van der Waals surface area contributed by atoms with Crippen LogP contribution in [0.25, 0.3) is 12.2 Å². The van der Waals surface area contributed by atoms with E-state index in [0.717, 1.165) is 6.08 Å². The summed E-state index contributed by atoms with van der Waals surface area (Å²) in [5.41, 5.74) is 1.80. The lowest BCUT2D eigenvalue weighted by Gasteiger charge is -2.14. The summed E-state index contributed by atoms with van der Waals surface area (Å²) in [6, 6.07) is 9.61. The standard InChI is InChI=1S/C24H26O9/c1-30-21-8-4-16(11-20(21)27)6-10-24(29)33-19(14-26)15-32-23(28)9-5-17-3-7-18(13-25)22(12-17)31-2/h3-12,19,25-27H,13-15H2,1-2H3/b9-5+,10-6+. The van der Waals surface area contributed by atoms with Gasteiger partial charge in [-0.15, -0.1) is 0 Å². The molecule has 0 aliphatic rings. The van der Waals surface area contributed by atoms with Gasteiger partial charge in [-0.05, 0) is 41.5 Å². The smallest absolute Gasteiger partial charge is 0.331 e.